The molecule has 0 saturated heterocycles. The molecule has 9 rings (SSSR count). The molecule has 4 nitrogen and oxygen atoms in total. The molecule has 0 spiro atoms. The molecule has 3 aromatic heterocycles. The molecule has 0 unspecified atom stereocenters. The molecule has 0 fully saturated rings. The van der Waals surface area contributed by atoms with Crippen LogP contribution in [0, 0.1) is 0 Å². The van der Waals surface area contributed by atoms with Crippen LogP contribution in [0.25, 0.3) is 83.7 Å². The van der Waals surface area contributed by atoms with Gasteiger partial charge in [0.2, 0.25) is 0 Å². The van der Waals surface area contributed by atoms with Crippen LogP contribution in [-0.4, -0.2) is 19.4 Å². The fourth-order valence-electron chi connectivity index (χ4n) is 6.48. The Morgan fingerprint density at radius 1 is 0.340 bits per heavy atom. The lowest BCUT2D eigenvalue weighted by Crippen LogP contribution is -1.97. The van der Waals surface area contributed by atoms with Gasteiger partial charge < -0.3 is 4.40 Å². The van der Waals surface area contributed by atoms with Crippen LogP contribution in [0.4, 0.5) is 0 Å². The number of nitrogens with zero attached hydrogens (tertiary/aromatic N) is 4. The largest absolute Gasteiger partial charge is 0.306 e. The Balaban J connectivity index is 1.20. The topological polar surface area (TPSA) is 43.1 Å². The van der Waals surface area contributed by atoms with E-state index in [0.29, 0.717) is 5.82 Å². The summed E-state index contributed by atoms with van der Waals surface area (Å²) >= 11 is 0. The van der Waals surface area contributed by atoms with Crippen LogP contribution < -0.4 is 0 Å². The van der Waals surface area contributed by atoms with Crippen molar-refractivity contribution in [1.29, 1.82) is 0 Å². The monoisotopic (exact) mass is 600 g/mol. The fourth-order valence-corrected chi connectivity index (χ4v) is 6.48. The number of hydrogen-bond donors (Lipinski definition) is 0. The van der Waals surface area contributed by atoms with Crippen molar-refractivity contribution in [3.05, 3.63) is 170 Å². The van der Waals surface area contributed by atoms with Gasteiger partial charge >= 0.3 is 0 Å². The van der Waals surface area contributed by atoms with E-state index in [4.69, 9.17) is 15.0 Å². The Morgan fingerprint density at radius 2 is 0.894 bits per heavy atom. The number of rotatable bonds is 5. The molecule has 4 heteroatoms. The molecule has 0 aliphatic carbocycles. The van der Waals surface area contributed by atoms with Gasteiger partial charge in [-0.15, -0.1) is 0 Å². The molecule has 0 bridgehead atoms. The van der Waals surface area contributed by atoms with Crippen LogP contribution in [0.1, 0.15) is 0 Å². The highest BCUT2D eigenvalue weighted by molar-refractivity contribution is 5.98. The second kappa shape index (κ2) is 11.2. The average molecular weight is 601 g/mol. The van der Waals surface area contributed by atoms with E-state index in [1.54, 1.807) is 0 Å². The van der Waals surface area contributed by atoms with Crippen molar-refractivity contribution in [3.8, 4) is 56.3 Å². The van der Waals surface area contributed by atoms with Gasteiger partial charge in [-0.3, -0.25) is 0 Å². The molecule has 6 aromatic carbocycles. The minimum Gasteiger partial charge on any atom is -0.306 e. The van der Waals surface area contributed by atoms with E-state index in [-0.39, 0.29) is 0 Å². The quantitative estimate of drug-likeness (QED) is 0.197. The van der Waals surface area contributed by atoms with Gasteiger partial charge in [0, 0.05) is 27.6 Å². The van der Waals surface area contributed by atoms with Gasteiger partial charge in [-0.2, -0.15) is 0 Å². The van der Waals surface area contributed by atoms with Crippen LogP contribution in [0.15, 0.2) is 170 Å². The Morgan fingerprint density at radius 3 is 1.66 bits per heavy atom. The van der Waals surface area contributed by atoms with E-state index >= 15 is 0 Å². The number of para-hydroxylation sites is 3. The van der Waals surface area contributed by atoms with Crippen molar-refractivity contribution in [2.45, 2.75) is 0 Å². The van der Waals surface area contributed by atoms with E-state index in [0.717, 1.165) is 55.9 Å². The number of hydrogen-bond acceptors (Lipinski definition) is 3. The zero-order chi connectivity index (χ0) is 31.2. The second-order valence-electron chi connectivity index (χ2n) is 11.7. The lowest BCUT2D eigenvalue weighted by atomic mass is 10.0. The summed E-state index contributed by atoms with van der Waals surface area (Å²) in [5.41, 5.74) is 13.4. The van der Waals surface area contributed by atoms with Crippen LogP contribution in [0.2, 0.25) is 0 Å². The van der Waals surface area contributed by atoms with Gasteiger partial charge in [-0.25, -0.2) is 15.0 Å². The molecule has 0 atom stereocenters. The van der Waals surface area contributed by atoms with Gasteiger partial charge in [0.05, 0.1) is 39.1 Å². The summed E-state index contributed by atoms with van der Waals surface area (Å²) in [5, 5.41) is 1.19. The summed E-state index contributed by atoms with van der Waals surface area (Å²) < 4.78 is 2.32. The van der Waals surface area contributed by atoms with Gasteiger partial charge in [0.25, 0.3) is 0 Å². The maximum atomic E-state index is 5.21. The van der Waals surface area contributed by atoms with Gasteiger partial charge in [-0.05, 0) is 47.5 Å². The smallest absolute Gasteiger partial charge is 0.160 e. The third-order valence-electron chi connectivity index (χ3n) is 8.79. The van der Waals surface area contributed by atoms with E-state index in [9.17, 15) is 0 Å². The lowest BCUT2D eigenvalue weighted by Gasteiger charge is -2.12. The summed E-state index contributed by atoms with van der Waals surface area (Å²) in [6.45, 7) is 0. The lowest BCUT2D eigenvalue weighted by molar-refractivity contribution is 1.18. The number of aromatic nitrogens is 4. The average Bonchev–Trinajstić information content (AvgIpc) is 3.55. The Labute approximate surface area is 272 Å². The molecule has 47 heavy (non-hydrogen) atoms. The first-order valence-corrected chi connectivity index (χ1v) is 15.8. The standard InChI is InChI=1S/C43H28N4/c1-3-12-29(13-4-1)30-22-24-32(25-23-30)38-28-37(31-14-5-2-6-15-31)45-43(46-38)35-18-11-17-34(26-35)42-41-27-33-16-7-9-20-39(33)47(41)40-21-10-8-19-36(40)44-42/h1-28H. The first-order valence-electron chi connectivity index (χ1n) is 15.8. The summed E-state index contributed by atoms with van der Waals surface area (Å²) in [7, 11) is 0. The van der Waals surface area contributed by atoms with Crippen LogP contribution in [0.3, 0.4) is 0 Å². The molecule has 0 saturated carbocycles. The molecular formula is C43H28N4. The predicted molar refractivity (Wildman–Crippen MR) is 193 cm³/mol. The zero-order valence-electron chi connectivity index (χ0n) is 25.5. The van der Waals surface area contributed by atoms with Crippen molar-refractivity contribution in [2.75, 3.05) is 0 Å². The second-order valence-corrected chi connectivity index (χ2v) is 11.7. The highest BCUT2D eigenvalue weighted by atomic mass is 14.9. The fraction of sp³-hybridized carbons (Fsp3) is 0. The minimum atomic E-state index is 0.674. The zero-order valence-corrected chi connectivity index (χ0v) is 25.5. The SMILES string of the molecule is c1ccc(-c2ccc(-c3cc(-c4ccccc4)nc(-c4cccc(-c5nc6ccccc6n6c5cc5ccccc56)c4)n3)cc2)cc1. The van der Waals surface area contributed by atoms with Gasteiger partial charge in [0.15, 0.2) is 5.82 Å². The predicted octanol–water partition coefficient (Wildman–Crippen LogP) is 10.8. The molecular weight excluding hydrogens is 573 g/mol. The van der Waals surface area contributed by atoms with Crippen molar-refractivity contribution in [2.24, 2.45) is 0 Å². The van der Waals surface area contributed by atoms with Crippen molar-refractivity contribution in [1.82, 2.24) is 19.4 Å². The third-order valence-corrected chi connectivity index (χ3v) is 8.79. The highest BCUT2D eigenvalue weighted by Gasteiger charge is 2.16. The molecule has 0 aliphatic heterocycles. The summed E-state index contributed by atoms with van der Waals surface area (Å²) in [4.78, 5) is 15.5. The van der Waals surface area contributed by atoms with Gasteiger partial charge in [-0.1, -0.05) is 133 Å². The Bertz CT molecular complexity index is 2550. The maximum absolute atomic E-state index is 5.21. The molecule has 3 heterocycles. The molecule has 220 valence electrons. The van der Waals surface area contributed by atoms with E-state index in [1.807, 2.05) is 30.3 Å². The normalized spacial score (nSPS) is 11.4. The van der Waals surface area contributed by atoms with E-state index in [1.165, 1.54) is 22.0 Å². The van der Waals surface area contributed by atoms with E-state index in [2.05, 4.69) is 144 Å². The maximum Gasteiger partial charge on any atom is 0.160 e. The highest BCUT2D eigenvalue weighted by Crippen LogP contribution is 2.35. The van der Waals surface area contributed by atoms with Gasteiger partial charge in [0.1, 0.15) is 0 Å². The molecule has 9 aromatic rings. The summed E-state index contributed by atoms with van der Waals surface area (Å²) in [5.74, 6) is 0.674. The van der Waals surface area contributed by atoms with Crippen molar-refractivity contribution < 1.29 is 0 Å². The van der Waals surface area contributed by atoms with Crippen LogP contribution in [-0.2, 0) is 0 Å². The van der Waals surface area contributed by atoms with Crippen molar-refractivity contribution in [3.63, 3.8) is 0 Å². The summed E-state index contributed by atoms with van der Waals surface area (Å²) in [6, 6.07) is 59.0. The molecule has 0 aliphatic rings. The van der Waals surface area contributed by atoms with Crippen molar-refractivity contribution >= 4 is 27.5 Å². The summed E-state index contributed by atoms with van der Waals surface area (Å²) in [6.07, 6.45) is 0. The Kier molecular flexibility index (Phi) is 6.43. The van der Waals surface area contributed by atoms with E-state index < -0.39 is 0 Å². The molecule has 0 N–H and O–H groups in total. The first-order chi connectivity index (χ1) is 23.3. The molecule has 0 amide bonds. The first kappa shape index (κ1) is 27.0. The van der Waals surface area contributed by atoms with Crippen LogP contribution in [0.5, 0.6) is 0 Å². The Hall–Kier alpha value is -6.39. The number of fused-ring (bicyclic) bond motifs is 5. The minimum absolute atomic E-state index is 0.674. The van der Waals surface area contributed by atoms with Crippen LogP contribution >= 0.6 is 0 Å². The third kappa shape index (κ3) is 4.84. The molecule has 0 radical (unpaired) electrons. The number of benzene rings is 6.